The van der Waals surface area contributed by atoms with E-state index >= 15 is 0 Å². The largest absolute Gasteiger partial charge is 0.462 e. The van der Waals surface area contributed by atoms with Crippen LogP contribution >= 0.6 is 0 Å². The normalized spacial score (nSPS) is 48.2. The second-order valence-electron chi connectivity index (χ2n) is 12.8. The van der Waals surface area contributed by atoms with Crippen molar-refractivity contribution in [3.8, 4) is 0 Å². The molecule has 5 saturated carbocycles. The number of allylic oxidation sites excluding steroid dienone is 2. The van der Waals surface area contributed by atoms with Crippen LogP contribution in [0.2, 0.25) is 0 Å². The molecule has 31 heavy (non-hydrogen) atoms. The predicted octanol–water partition coefficient (Wildman–Crippen LogP) is 6.36. The zero-order chi connectivity index (χ0) is 22.0. The third-order valence-corrected chi connectivity index (χ3v) is 10.3. The van der Waals surface area contributed by atoms with Crippen LogP contribution in [0.5, 0.6) is 0 Å². The van der Waals surface area contributed by atoms with Gasteiger partial charge in [0.2, 0.25) is 0 Å². The van der Waals surface area contributed by atoms with E-state index in [1.165, 1.54) is 38.5 Å². The SMILES string of the molecule is CC(C)[C@H]1CC[C@@H](C)C[C@@H]1OC(=O)CC[C@]1(C)C(=O)C=CC23CC4CC(CC(C4)[C@H]21)C3. The van der Waals surface area contributed by atoms with Crippen molar-refractivity contribution in [1.29, 1.82) is 0 Å². The topological polar surface area (TPSA) is 43.4 Å². The fourth-order valence-electron chi connectivity index (χ4n) is 9.20. The molecule has 172 valence electrons. The van der Waals surface area contributed by atoms with E-state index in [0.717, 1.165) is 24.7 Å². The predicted molar refractivity (Wildman–Crippen MR) is 122 cm³/mol. The minimum absolute atomic E-state index is 0.0542. The molecule has 0 aromatic heterocycles. The summed E-state index contributed by atoms with van der Waals surface area (Å²) in [6.45, 7) is 8.96. The molecule has 0 radical (unpaired) electrons. The summed E-state index contributed by atoms with van der Waals surface area (Å²) in [5, 5.41) is 0. The molecule has 0 saturated heterocycles. The Bertz CT molecular complexity index is 752. The van der Waals surface area contributed by atoms with E-state index in [4.69, 9.17) is 4.74 Å². The van der Waals surface area contributed by atoms with Gasteiger partial charge in [-0.15, -0.1) is 0 Å². The lowest BCUT2D eigenvalue weighted by molar-refractivity contribution is -0.165. The molecule has 3 heteroatoms. The molecular weight excluding hydrogens is 384 g/mol. The molecule has 6 aliphatic rings. The van der Waals surface area contributed by atoms with Gasteiger partial charge in [-0.3, -0.25) is 9.59 Å². The summed E-state index contributed by atoms with van der Waals surface area (Å²) in [5.74, 6) is 4.65. The van der Waals surface area contributed by atoms with E-state index in [0.29, 0.717) is 42.4 Å². The second-order valence-corrected chi connectivity index (χ2v) is 12.8. The van der Waals surface area contributed by atoms with Crippen molar-refractivity contribution >= 4 is 11.8 Å². The molecule has 6 aliphatic carbocycles. The maximum Gasteiger partial charge on any atom is 0.306 e. The Hall–Kier alpha value is -1.12. The minimum Gasteiger partial charge on any atom is -0.462 e. The Labute approximate surface area is 188 Å². The van der Waals surface area contributed by atoms with Gasteiger partial charge < -0.3 is 4.74 Å². The van der Waals surface area contributed by atoms with Crippen LogP contribution in [0.3, 0.4) is 0 Å². The minimum atomic E-state index is -0.400. The van der Waals surface area contributed by atoms with E-state index in [2.05, 4.69) is 33.8 Å². The van der Waals surface area contributed by atoms with Gasteiger partial charge in [0.1, 0.15) is 6.10 Å². The first-order valence-corrected chi connectivity index (χ1v) is 13.1. The van der Waals surface area contributed by atoms with Crippen molar-refractivity contribution in [1.82, 2.24) is 0 Å². The van der Waals surface area contributed by atoms with E-state index < -0.39 is 5.41 Å². The number of ether oxygens (including phenoxy) is 1. The summed E-state index contributed by atoms with van der Waals surface area (Å²) in [7, 11) is 0. The van der Waals surface area contributed by atoms with Crippen LogP contribution in [-0.4, -0.2) is 17.9 Å². The summed E-state index contributed by atoms with van der Waals surface area (Å²) in [6, 6.07) is 0. The quantitative estimate of drug-likeness (QED) is 0.481. The number of rotatable bonds is 5. The summed E-state index contributed by atoms with van der Waals surface area (Å²) >= 11 is 0. The van der Waals surface area contributed by atoms with Crippen LogP contribution in [0.4, 0.5) is 0 Å². The standard InChI is InChI=1S/C28H42O3/c1-17(2)22-6-5-18(3)11-23(22)31-25(30)8-9-27(4)24(29)7-10-28-15-19-12-20(16-28)14-21(13-19)26(27)28/h7,10,17-23,26H,5-6,8-9,11-16H2,1-4H3/t18-,19?,20?,21?,22-,23+,26+,27-,28?/m1/s1. The first kappa shape index (κ1) is 21.7. The summed E-state index contributed by atoms with van der Waals surface area (Å²) < 4.78 is 6.09. The highest BCUT2D eigenvalue weighted by atomic mass is 16.5. The highest BCUT2D eigenvalue weighted by Crippen LogP contribution is 2.69. The molecule has 0 N–H and O–H groups in total. The van der Waals surface area contributed by atoms with Gasteiger partial charge in [0, 0.05) is 11.8 Å². The molecule has 2 unspecified atom stereocenters. The first-order valence-electron chi connectivity index (χ1n) is 13.1. The highest BCUT2D eigenvalue weighted by Gasteiger charge is 2.63. The molecular formula is C28H42O3. The molecule has 3 nitrogen and oxygen atoms in total. The lowest BCUT2D eigenvalue weighted by Crippen LogP contribution is -2.60. The fourth-order valence-corrected chi connectivity index (χ4v) is 9.20. The van der Waals surface area contributed by atoms with Gasteiger partial charge in [-0.25, -0.2) is 0 Å². The Morgan fingerprint density at radius 2 is 1.84 bits per heavy atom. The van der Waals surface area contributed by atoms with Crippen molar-refractivity contribution in [2.75, 3.05) is 0 Å². The van der Waals surface area contributed by atoms with E-state index in [9.17, 15) is 9.59 Å². The fraction of sp³-hybridized carbons (Fsp3) is 0.857. The van der Waals surface area contributed by atoms with Crippen molar-refractivity contribution in [3.63, 3.8) is 0 Å². The molecule has 6 rings (SSSR count). The van der Waals surface area contributed by atoms with Gasteiger partial charge >= 0.3 is 5.97 Å². The molecule has 5 fully saturated rings. The number of carbonyl (C=O) groups excluding carboxylic acids is 2. The molecule has 0 aromatic rings. The van der Waals surface area contributed by atoms with Crippen LogP contribution in [0.15, 0.2) is 12.2 Å². The maximum atomic E-state index is 13.2. The van der Waals surface area contributed by atoms with Crippen molar-refractivity contribution in [3.05, 3.63) is 12.2 Å². The smallest absolute Gasteiger partial charge is 0.306 e. The zero-order valence-corrected chi connectivity index (χ0v) is 20.1. The Morgan fingerprint density at radius 1 is 1.13 bits per heavy atom. The lowest BCUT2D eigenvalue weighted by atomic mass is 9.38. The molecule has 0 heterocycles. The van der Waals surface area contributed by atoms with Gasteiger partial charge in [0.25, 0.3) is 0 Å². The van der Waals surface area contributed by atoms with E-state index in [-0.39, 0.29) is 23.3 Å². The van der Waals surface area contributed by atoms with E-state index in [1.54, 1.807) is 0 Å². The van der Waals surface area contributed by atoms with Crippen LogP contribution in [0.25, 0.3) is 0 Å². The second kappa shape index (κ2) is 7.73. The average Bonchev–Trinajstić information content (AvgIpc) is 2.69. The van der Waals surface area contributed by atoms with Gasteiger partial charge in [0.15, 0.2) is 5.78 Å². The van der Waals surface area contributed by atoms with Gasteiger partial charge in [-0.1, -0.05) is 40.2 Å². The number of ketones is 1. The van der Waals surface area contributed by atoms with Gasteiger partial charge in [-0.2, -0.15) is 0 Å². The number of carbonyl (C=O) groups is 2. The van der Waals surface area contributed by atoms with Crippen LogP contribution in [0, 0.1) is 52.3 Å². The van der Waals surface area contributed by atoms with Crippen molar-refractivity contribution in [2.24, 2.45) is 52.3 Å². The first-order chi connectivity index (χ1) is 14.7. The molecule has 0 amide bonds. The number of hydrogen-bond donors (Lipinski definition) is 0. The Kier molecular flexibility index (Phi) is 5.42. The van der Waals surface area contributed by atoms with E-state index in [1.807, 2.05) is 6.08 Å². The summed E-state index contributed by atoms with van der Waals surface area (Å²) in [4.78, 5) is 26.2. The molecule has 4 bridgehead atoms. The van der Waals surface area contributed by atoms with Crippen molar-refractivity contribution in [2.45, 2.75) is 98.0 Å². The molecule has 1 spiro atoms. The summed E-state index contributed by atoms with van der Waals surface area (Å²) in [5.41, 5.74) is -0.175. The molecule has 7 atom stereocenters. The molecule has 0 aromatic carbocycles. The number of hydrogen-bond acceptors (Lipinski definition) is 3. The van der Waals surface area contributed by atoms with Crippen molar-refractivity contribution < 1.29 is 14.3 Å². The third-order valence-electron chi connectivity index (χ3n) is 10.3. The van der Waals surface area contributed by atoms with Crippen LogP contribution < -0.4 is 0 Å². The van der Waals surface area contributed by atoms with Gasteiger partial charge in [-0.05, 0) is 104 Å². The highest BCUT2D eigenvalue weighted by molar-refractivity contribution is 5.96. The van der Waals surface area contributed by atoms with Crippen LogP contribution in [0.1, 0.15) is 91.9 Å². The lowest BCUT2D eigenvalue weighted by Gasteiger charge is -2.65. The monoisotopic (exact) mass is 426 g/mol. The molecule has 0 aliphatic heterocycles. The third kappa shape index (κ3) is 3.62. The maximum absolute atomic E-state index is 13.2. The zero-order valence-electron chi connectivity index (χ0n) is 20.1. The average molecular weight is 427 g/mol. The number of esters is 1. The Balaban J connectivity index is 1.29. The Morgan fingerprint density at radius 3 is 2.52 bits per heavy atom. The van der Waals surface area contributed by atoms with Crippen LogP contribution in [-0.2, 0) is 14.3 Å². The summed E-state index contributed by atoms with van der Waals surface area (Å²) in [6.07, 6.45) is 15.2. The van der Waals surface area contributed by atoms with Gasteiger partial charge in [0.05, 0.1) is 0 Å².